The van der Waals surface area contributed by atoms with E-state index in [-0.39, 0.29) is 18.0 Å². The zero-order valence-electron chi connectivity index (χ0n) is 15.7. The van der Waals surface area contributed by atoms with Gasteiger partial charge in [-0.15, -0.1) is 0 Å². The predicted molar refractivity (Wildman–Crippen MR) is 91.6 cm³/mol. The molecule has 138 valence electrons. The normalized spacial score (nSPS) is 27.0. The molecule has 6 heteroatoms. The van der Waals surface area contributed by atoms with Crippen LogP contribution in [0.1, 0.15) is 40.0 Å². The van der Waals surface area contributed by atoms with Gasteiger partial charge in [0.15, 0.2) is 0 Å². The first-order valence-corrected chi connectivity index (χ1v) is 8.95. The highest BCUT2D eigenvalue weighted by Crippen LogP contribution is 2.36. The third-order valence-corrected chi connectivity index (χ3v) is 5.17. The monoisotopic (exact) mass is 340 g/mol. The summed E-state index contributed by atoms with van der Waals surface area (Å²) in [4.78, 5) is 28.3. The minimum atomic E-state index is -0.460. The molecule has 2 fully saturated rings. The van der Waals surface area contributed by atoms with E-state index >= 15 is 0 Å². The smallest absolute Gasteiger partial charge is 0.410 e. The van der Waals surface area contributed by atoms with Gasteiger partial charge in [-0.05, 0) is 65.5 Å². The Hall–Kier alpha value is -1.30. The molecule has 2 unspecified atom stereocenters. The Morgan fingerprint density at radius 3 is 2.21 bits per heavy atom. The summed E-state index contributed by atoms with van der Waals surface area (Å²) in [5.41, 5.74) is -0.460. The summed E-state index contributed by atoms with van der Waals surface area (Å²) in [6.45, 7) is 8.86. The molecule has 1 amide bonds. The van der Waals surface area contributed by atoms with Crippen LogP contribution in [-0.4, -0.2) is 67.8 Å². The van der Waals surface area contributed by atoms with Gasteiger partial charge < -0.3 is 19.3 Å². The fraction of sp³-hybridized carbons (Fsp3) is 0.889. The fourth-order valence-corrected chi connectivity index (χ4v) is 3.93. The van der Waals surface area contributed by atoms with Gasteiger partial charge in [0.1, 0.15) is 5.60 Å². The van der Waals surface area contributed by atoms with Gasteiger partial charge in [-0.25, -0.2) is 4.79 Å². The van der Waals surface area contributed by atoms with E-state index in [0.717, 1.165) is 32.4 Å². The van der Waals surface area contributed by atoms with Crippen LogP contribution in [0.5, 0.6) is 0 Å². The molecular formula is C18H32N2O4. The van der Waals surface area contributed by atoms with Crippen molar-refractivity contribution >= 4 is 12.1 Å². The number of carbonyl (C=O) groups excluding carboxylic acids is 2. The number of amides is 1. The van der Waals surface area contributed by atoms with Crippen molar-refractivity contribution in [2.24, 2.45) is 17.8 Å². The van der Waals surface area contributed by atoms with E-state index < -0.39 is 5.60 Å². The SMILES string of the molecule is COC(=O)C1CN(C)CCC1C1CCN(C(=O)OC(C)(C)C)CC1. The maximum atomic E-state index is 12.2. The van der Waals surface area contributed by atoms with E-state index in [4.69, 9.17) is 9.47 Å². The van der Waals surface area contributed by atoms with Gasteiger partial charge in [0.25, 0.3) is 0 Å². The largest absolute Gasteiger partial charge is 0.469 e. The molecule has 2 rings (SSSR count). The highest BCUT2D eigenvalue weighted by atomic mass is 16.6. The van der Waals surface area contributed by atoms with Crippen LogP contribution in [-0.2, 0) is 14.3 Å². The van der Waals surface area contributed by atoms with Crippen molar-refractivity contribution in [2.45, 2.75) is 45.6 Å². The topological polar surface area (TPSA) is 59.1 Å². The number of esters is 1. The third kappa shape index (κ3) is 4.85. The summed E-state index contributed by atoms with van der Waals surface area (Å²) >= 11 is 0. The molecule has 2 aliphatic heterocycles. The predicted octanol–water partition coefficient (Wildman–Crippen LogP) is 2.37. The molecule has 2 aliphatic rings. The standard InChI is InChI=1S/C18H32N2O4/c1-18(2,3)24-17(22)20-10-6-13(7-11-20)14-8-9-19(4)12-15(14)16(21)23-5/h13-15H,6-12H2,1-5H3. The Balaban J connectivity index is 1.93. The van der Waals surface area contributed by atoms with E-state index in [2.05, 4.69) is 11.9 Å². The van der Waals surface area contributed by atoms with E-state index in [0.29, 0.717) is 24.9 Å². The van der Waals surface area contributed by atoms with Gasteiger partial charge in [0.2, 0.25) is 0 Å². The average Bonchev–Trinajstić information content (AvgIpc) is 2.52. The van der Waals surface area contributed by atoms with Crippen LogP contribution in [0, 0.1) is 17.8 Å². The first kappa shape index (κ1) is 19.0. The second-order valence-electron chi connectivity index (χ2n) is 8.15. The number of hydrogen-bond donors (Lipinski definition) is 0. The minimum absolute atomic E-state index is 0.0492. The molecule has 0 saturated carbocycles. The second-order valence-corrected chi connectivity index (χ2v) is 8.15. The van der Waals surface area contributed by atoms with Gasteiger partial charge in [-0.1, -0.05) is 0 Å². The lowest BCUT2D eigenvalue weighted by atomic mass is 9.73. The van der Waals surface area contributed by atoms with Crippen molar-refractivity contribution < 1.29 is 19.1 Å². The van der Waals surface area contributed by atoms with Gasteiger partial charge in [-0.2, -0.15) is 0 Å². The molecule has 6 nitrogen and oxygen atoms in total. The van der Waals surface area contributed by atoms with Crippen molar-refractivity contribution in [3.05, 3.63) is 0 Å². The number of methoxy groups -OCH3 is 1. The Kier molecular flexibility index (Phi) is 6.12. The van der Waals surface area contributed by atoms with Crippen molar-refractivity contribution in [1.82, 2.24) is 9.80 Å². The number of carbonyl (C=O) groups is 2. The van der Waals surface area contributed by atoms with E-state index in [9.17, 15) is 9.59 Å². The first-order valence-electron chi connectivity index (χ1n) is 8.95. The fourth-order valence-electron chi connectivity index (χ4n) is 3.93. The molecule has 0 N–H and O–H groups in total. The van der Waals surface area contributed by atoms with E-state index in [1.54, 1.807) is 4.90 Å². The molecule has 0 aromatic heterocycles. The number of piperidine rings is 2. The average molecular weight is 340 g/mol. The lowest BCUT2D eigenvalue weighted by Crippen LogP contribution is -2.48. The van der Waals surface area contributed by atoms with E-state index in [1.165, 1.54) is 7.11 Å². The molecule has 24 heavy (non-hydrogen) atoms. The summed E-state index contributed by atoms with van der Waals surface area (Å²) < 4.78 is 10.5. The number of nitrogens with zero attached hydrogens (tertiary/aromatic N) is 2. The summed E-state index contributed by atoms with van der Waals surface area (Å²) in [5, 5.41) is 0. The summed E-state index contributed by atoms with van der Waals surface area (Å²) in [6.07, 6.45) is 2.66. The molecule has 0 aromatic rings. The van der Waals surface area contributed by atoms with Crippen LogP contribution in [0.15, 0.2) is 0 Å². The first-order chi connectivity index (χ1) is 11.2. The highest BCUT2D eigenvalue weighted by molar-refractivity contribution is 5.73. The maximum absolute atomic E-state index is 12.2. The molecule has 2 atom stereocenters. The van der Waals surface area contributed by atoms with Crippen molar-refractivity contribution in [2.75, 3.05) is 40.3 Å². The van der Waals surface area contributed by atoms with Crippen LogP contribution < -0.4 is 0 Å². The highest BCUT2D eigenvalue weighted by Gasteiger charge is 2.40. The molecule has 0 spiro atoms. The molecule has 0 bridgehead atoms. The van der Waals surface area contributed by atoms with Gasteiger partial charge in [-0.3, -0.25) is 4.79 Å². The number of rotatable bonds is 2. The van der Waals surface area contributed by atoms with Crippen LogP contribution in [0.4, 0.5) is 4.79 Å². The van der Waals surface area contributed by atoms with E-state index in [1.807, 2.05) is 20.8 Å². The maximum Gasteiger partial charge on any atom is 0.410 e. The third-order valence-electron chi connectivity index (χ3n) is 5.17. The Labute approximate surface area is 145 Å². The minimum Gasteiger partial charge on any atom is -0.469 e. The van der Waals surface area contributed by atoms with Gasteiger partial charge >= 0.3 is 12.1 Å². The zero-order valence-corrected chi connectivity index (χ0v) is 15.7. The van der Waals surface area contributed by atoms with Gasteiger partial charge in [0.05, 0.1) is 13.0 Å². The summed E-state index contributed by atoms with van der Waals surface area (Å²) in [6, 6.07) is 0. The molecule has 2 saturated heterocycles. The Bertz CT molecular complexity index is 452. The number of hydrogen-bond acceptors (Lipinski definition) is 5. The second kappa shape index (κ2) is 7.72. The molecule has 0 aromatic carbocycles. The van der Waals surface area contributed by atoms with Gasteiger partial charge in [0, 0.05) is 19.6 Å². The molecule has 0 aliphatic carbocycles. The lowest BCUT2D eigenvalue weighted by molar-refractivity contribution is -0.151. The van der Waals surface area contributed by atoms with Crippen LogP contribution >= 0.6 is 0 Å². The number of ether oxygens (including phenoxy) is 2. The lowest BCUT2D eigenvalue weighted by Gasteiger charge is -2.42. The Morgan fingerprint density at radius 2 is 1.67 bits per heavy atom. The molecule has 0 radical (unpaired) electrons. The Morgan fingerprint density at radius 1 is 1.04 bits per heavy atom. The van der Waals surface area contributed by atoms with Crippen LogP contribution in [0.3, 0.4) is 0 Å². The number of likely N-dealkylation sites (tertiary alicyclic amines) is 2. The van der Waals surface area contributed by atoms with Crippen LogP contribution in [0.2, 0.25) is 0 Å². The van der Waals surface area contributed by atoms with Crippen molar-refractivity contribution in [1.29, 1.82) is 0 Å². The van der Waals surface area contributed by atoms with Crippen molar-refractivity contribution in [3.63, 3.8) is 0 Å². The van der Waals surface area contributed by atoms with Crippen LogP contribution in [0.25, 0.3) is 0 Å². The molecular weight excluding hydrogens is 308 g/mol. The zero-order chi connectivity index (χ0) is 17.9. The summed E-state index contributed by atoms with van der Waals surface area (Å²) in [5.74, 6) is 0.684. The molecule has 2 heterocycles. The summed E-state index contributed by atoms with van der Waals surface area (Å²) in [7, 11) is 3.52. The quantitative estimate of drug-likeness (QED) is 0.722. The van der Waals surface area contributed by atoms with Crippen molar-refractivity contribution in [3.8, 4) is 0 Å².